The van der Waals surface area contributed by atoms with Gasteiger partial charge in [0.15, 0.2) is 0 Å². The van der Waals surface area contributed by atoms with Gasteiger partial charge in [-0.2, -0.15) is 0 Å². The number of hydrogen-bond acceptors (Lipinski definition) is 9. The van der Waals surface area contributed by atoms with Crippen LogP contribution in [0.25, 0.3) is 0 Å². The monoisotopic (exact) mass is 850 g/mol. The molecule has 0 aromatic heterocycles. The highest BCUT2D eigenvalue weighted by molar-refractivity contribution is 5.99. The van der Waals surface area contributed by atoms with E-state index in [4.69, 9.17) is 30.1 Å². The molecule has 1 heterocycles. The predicted octanol–water partition coefficient (Wildman–Crippen LogP) is 8.03. The lowest BCUT2D eigenvalue weighted by Gasteiger charge is -2.43. The number of amides is 1. The molecule has 11 nitrogen and oxygen atoms in total. The van der Waals surface area contributed by atoms with Gasteiger partial charge in [0, 0.05) is 55.8 Å². The van der Waals surface area contributed by atoms with Crippen LogP contribution in [0.3, 0.4) is 0 Å². The Balaban J connectivity index is 1.15. The molecule has 0 spiro atoms. The molecule has 3 aliphatic rings. The fourth-order valence-corrected chi connectivity index (χ4v) is 8.80. The number of hydrogen-bond donors (Lipinski definition) is 3. The third kappa shape index (κ3) is 15.8. The summed E-state index contributed by atoms with van der Waals surface area (Å²) in [4.78, 5) is 17.9. The minimum absolute atomic E-state index is 0.00763. The largest absolute Gasteiger partial charge is 0.379 e. The minimum atomic E-state index is -2.68. The van der Waals surface area contributed by atoms with Crippen molar-refractivity contribution in [3.05, 3.63) is 71.8 Å². The molecule has 2 aromatic carbocycles. The van der Waals surface area contributed by atoms with Gasteiger partial charge in [0.1, 0.15) is 18.3 Å². The summed E-state index contributed by atoms with van der Waals surface area (Å²) in [7, 11) is 0. The van der Waals surface area contributed by atoms with Gasteiger partial charge in [0.05, 0.1) is 65.0 Å². The van der Waals surface area contributed by atoms with E-state index in [0.717, 1.165) is 49.8 Å². The van der Waals surface area contributed by atoms with Crippen molar-refractivity contribution in [2.24, 2.45) is 11.8 Å². The van der Waals surface area contributed by atoms with Crippen LogP contribution in [-0.4, -0.2) is 117 Å². The number of alkyl halides is 2. The topological polar surface area (TPSA) is 129 Å². The summed E-state index contributed by atoms with van der Waals surface area (Å²) in [5.41, 5.74) is 2.14. The Kier molecular flexibility index (Phi) is 20.1. The van der Waals surface area contributed by atoms with E-state index in [0.29, 0.717) is 83.4 Å². The summed E-state index contributed by atoms with van der Waals surface area (Å²) >= 11 is 0. The molecule has 1 aliphatic heterocycles. The van der Waals surface area contributed by atoms with Crippen LogP contribution < -0.4 is 5.32 Å². The molecule has 61 heavy (non-hydrogen) atoms. The average molecular weight is 850 g/mol. The zero-order valence-corrected chi connectivity index (χ0v) is 36.3. The van der Waals surface area contributed by atoms with E-state index in [1.165, 1.54) is 0 Å². The number of ether oxygens (including phenoxy) is 5. The smallest absolute Gasteiger partial charge is 0.248 e. The summed E-state index contributed by atoms with van der Waals surface area (Å²) in [5, 5.41) is 22.0. The predicted molar refractivity (Wildman–Crippen MR) is 234 cm³/mol. The molecule has 4 atom stereocenters. The molecule has 13 heteroatoms. The van der Waals surface area contributed by atoms with Crippen molar-refractivity contribution in [3.63, 3.8) is 0 Å². The number of carbonyl (C=O) groups is 1. The van der Waals surface area contributed by atoms with Gasteiger partial charge >= 0.3 is 0 Å². The SMILES string of the molecule is C#CCOCCOCCOCCOCCC(=N)N(C(=N)C1CC(OCc2ccccc2)C1)C(C)CC1CCC(C)N1CCC(NC(=O)C1CCC(F)(F)CC1)c1ccccc1. The van der Waals surface area contributed by atoms with Crippen molar-refractivity contribution in [1.29, 1.82) is 10.8 Å². The first-order valence-electron chi connectivity index (χ1n) is 22.4. The van der Waals surface area contributed by atoms with Crippen LogP contribution in [0.1, 0.15) is 102 Å². The van der Waals surface area contributed by atoms with Gasteiger partial charge in [-0.15, -0.1) is 6.42 Å². The highest BCUT2D eigenvalue weighted by Crippen LogP contribution is 2.38. The van der Waals surface area contributed by atoms with E-state index in [-0.39, 0.29) is 68.3 Å². The first-order valence-corrected chi connectivity index (χ1v) is 22.4. The number of amidine groups is 2. The second-order valence-electron chi connectivity index (χ2n) is 16.9. The van der Waals surface area contributed by atoms with Gasteiger partial charge in [0.25, 0.3) is 0 Å². The second-order valence-corrected chi connectivity index (χ2v) is 16.9. The van der Waals surface area contributed by atoms with E-state index in [1.807, 2.05) is 53.4 Å². The van der Waals surface area contributed by atoms with E-state index in [9.17, 15) is 24.4 Å². The van der Waals surface area contributed by atoms with E-state index in [1.54, 1.807) is 0 Å². The van der Waals surface area contributed by atoms with Crippen LogP contribution in [0.15, 0.2) is 60.7 Å². The van der Waals surface area contributed by atoms with Crippen molar-refractivity contribution in [2.45, 2.75) is 127 Å². The number of benzene rings is 2. The van der Waals surface area contributed by atoms with Crippen molar-refractivity contribution < 1.29 is 37.3 Å². The Morgan fingerprint density at radius 3 is 2.13 bits per heavy atom. The zero-order chi connectivity index (χ0) is 43.5. The summed E-state index contributed by atoms with van der Waals surface area (Å²) in [6, 6.07) is 20.3. The lowest BCUT2D eigenvalue weighted by atomic mass is 9.80. The van der Waals surface area contributed by atoms with Crippen molar-refractivity contribution >= 4 is 17.6 Å². The number of carbonyl (C=O) groups excluding carboxylic acids is 1. The lowest BCUT2D eigenvalue weighted by Crippen LogP contribution is -2.51. The molecule has 1 amide bonds. The molecular weight excluding hydrogens is 781 g/mol. The molecule has 0 radical (unpaired) electrons. The Morgan fingerprint density at radius 1 is 0.885 bits per heavy atom. The maximum absolute atomic E-state index is 13.9. The van der Waals surface area contributed by atoms with E-state index in [2.05, 4.69) is 42.1 Å². The molecule has 3 fully saturated rings. The number of terminal acetylenes is 1. The molecule has 4 unspecified atom stereocenters. The molecule has 0 bridgehead atoms. The second kappa shape index (κ2) is 25.4. The van der Waals surface area contributed by atoms with Gasteiger partial charge in [-0.1, -0.05) is 66.6 Å². The third-order valence-electron chi connectivity index (χ3n) is 12.4. The fourth-order valence-electron chi connectivity index (χ4n) is 8.80. The highest BCUT2D eigenvalue weighted by Gasteiger charge is 2.40. The van der Waals surface area contributed by atoms with Crippen LogP contribution >= 0.6 is 0 Å². The first kappa shape index (κ1) is 48.3. The van der Waals surface area contributed by atoms with Crippen molar-refractivity contribution in [1.82, 2.24) is 15.1 Å². The molecule has 2 aromatic rings. The van der Waals surface area contributed by atoms with Crippen LogP contribution in [0, 0.1) is 35.0 Å². The fraction of sp³-hybridized carbons (Fsp3) is 0.646. The standard InChI is InChI=1S/C48H69F2N5O6/c1-4-24-57-26-28-59-30-31-60-29-27-58-25-20-45(51)55(46(52)41-33-43(34-41)61-35-38-11-7-5-8-12-38)37(3)32-42-16-15-36(2)54(42)23-19-44(39-13-9-6-10-14-39)53-47(56)40-17-21-48(49,50)22-18-40/h1,5-14,36-37,40-44,51-52H,15-35H2,2-3H3,(H,53,56). The van der Waals surface area contributed by atoms with Crippen LogP contribution in [0.2, 0.25) is 0 Å². The highest BCUT2D eigenvalue weighted by atomic mass is 19.3. The van der Waals surface area contributed by atoms with Gasteiger partial charge in [-0.25, -0.2) is 8.78 Å². The van der Waals surface area contributed by atoms with E-state index < -0.39 is 11.8 Å². The van der Waals surface area contributed by atoms with Gasteiger partial charge in [-0.05, 0) is 76.3 Å². The van der Waals surface area contributed by atoms with Crippen LogP contribution in [0.5, 0.6) is 0 Å². The van der Waals surface area contributed by atoms with Gasteiger partial charge in [0.2, 0.25) is 11.8 Å². The van der Waals surface area contributed by atoms with Gasteiger partial charge < -0.3 is 33.9 Å². The Morgan fingerprint density at radius 2 is 1.49 bits per heavy atom. The molecule has 2 saturated carbocycles. The zero-order valence-electron chi connectivity index (χ0n) is 36.3. The maximum atomic E-state index is 13.9. The minimum Gasteiger partial charge on any atom is -0.379 e. The normalized spacial score (nSPS) is 22.5. The molecule has 3 N–H and O–H groups in total. The summed E-state index contributed by atoms with van der Waals surface area (Å²) in [5.74, 6) is 0.0443. The molecular formula is C48H69F2N5O6. The number of rotatable bonds is 26. The summed E-state index contributed by atoms with van der Waals surface area (Å²) in [6.07, 6.45) is 10.5. The van der Waals surface area contributed by atoms with Crippen LogP contribution in [-0.2, 0) is 35.1 Å². The lowest BCUT2D eigenvalue weighted by molar-refractivity contribution is -0.130. The number of likely N-dealkylation sites (tertiary alicyclic amines) is 1. The molecule has 2 aliphatic carbocycles. The maximum Gasteiger partial charge on any atom is 0.248 e. The molecule has 5 rings (SSSR count). The average Bonchev–Trinajstić information content (AvgIpc) is 3.58. The third-order valence-corrected chi connectivity index (χ3v) is 12.4. The Labute approximate surface area is 362 Å². The van der Waals surface area contributed by atoms with Crippen molar-refractivity contribution in [2.75, 3.05) is 59.4 Å². The first-order chi connectivity index (χ1) is 29.5. The van der Waals surface area contributed by atoms with Gasteiger partial charge in [-0.3, -0.25) is 20.5 Å². The number of nitrogens with zero attached hydrogens (tertiary/aromatic N) is 2. The Bertz CT molecular complexity index is 1650. The molecule has 1 saturated heterocycles. The number of halogens is 2. The van der Waals surface area contributed by atoms with Crippen molar-refractivity contribution in [3.8, 4) is 12.3 Å². The summed E-state index contributed by atoms with van der Waals surface area (Å²) < 4.78 is 56.1. The Hall–Kier alpha value is -3.77. The quantitative estimate of drug-likeness (QED) is 0.0376. The number of nitrogens with one attached hydrogen (secondary N) is 3. The molecule has 336 valence electrons. The van der Waals surface area contributed by atoms with E-state index >= 15 is 0 Å². The summed E-state index contributed by atoms with van der Waals surface area (Å²) in [6.45, 7) is 8.89. The van der Waals surface area contributed by atoms with Crippen LogP contribution in [0.4, 0.5) is 8.78 Å².